The van der Waals surface area contributed by atoms with Crippen LogP contribution < -0.4 is 14.2 Å². The van der Waals surface area contributed by atoms with Crippen LogP contribution in [-0.4, -0.2) is 30.8 Å². The standard InChI is InChI=1S/C20H23NO4/c1-3-15-5-8-17(9-6-15)23-13-20(22)21(4-2)12-16-7-10-18-19(11-16)25-14-24-18/h5-11H,3-4,12-14H2,1-2H3. The van der Waals surface area contributed by atoms with E-state index >= 15 is 0 Å². The first-order valence-electron chi connectivity index (χ1n) is 8.57. The van der Waals surface area contributed by atoms with Crippen molar-refractivity contribution in [2.24, 2.45) is 0 Å². The van der Waals surface area contributed by atoms with Crippen molar-refractivity contribution in [1.29, 1.82) is 0 Å². The molecule has 0 spiro atoms. The van der Waals surface area contributed by atoms with Crippen molar-refractivity contribution in [1.82, 2.24) is 4.90 Å². The third-order valence-corrected chi connectivity index (χ3v) is 4.24. The van der Waals surface area contributed by atoms with E-state index in [1.165, 1.54) is 5.56 Å². The minimum Gasteiger partial charge on any atom is -0.484 e. The SMILES string of the molecule is CCc1ccc(OCC(=O)N(CC)Cc2ccc3c(c2)OCO3)cc1. The zero-order chi connectivity index (χ0) is 17.6. The normalized spacial score (nSPS) is 12.1. The van der Waals surface area contributed by atoms with Crippen LogP contribution in [0.3, 0.4) is 0 Å². The van der Waals surface area contributed by atoms with Gasteiger partial charge < -0.3 is 19.1 Å². The first-order chi connectivity index (χ1) is 12.2. The Morgan fingerprint density at radius 1 is 1.04 bits per heavy atom. The number of amides is 1. The Balaban J connectivity index is 1.57. The number of carbonyl (C=O) groups excluding carboxylic acids is 1. The van der Waals surface area contributed by atoms with Gasteiger partial charge in [0.05, 0.1) is 0 Å². The summed E-state index contributed by atoms with van der Waals surface area (Å²) >= 11 is 0. The third kappa shape index (κ3) is 4.24. The summed E-state index contributed by atoms with van der Waals surface area (Å²) in [5.74, 6) is 2.15. The van der Waals surface area contributed by atoms with Crippen LogP contribution in [0.25, 0.3) is 0 Å². The molecule has 0 bridgehead atoms. The van der Waals surface area contributed by atoms with Gasteiger partial charge in [0, 0.05) is 13.1 Å². The largest absolute Gasteiger partial charge is 0.484 e. The van der Waals surface area contributed by atoms with Crippen molar-refractivity contribution >= 4 is 5.91 Å². The van der Waals surface area contributed by atoms with Gasteiger partial charge in [-0.3, -0.25) is 4.79 Å². The van der Waals surface area contributed by atoms with Crippen LogP contribution in [-0.2, 0) is 17.8 Å². The molecule has 5 heteroatoms. The lowest BCUT2D eigenvalue weighted by atomic mass is 10.2. The molecule has 0 fully saturated rings. The van der Waals surface area contributed by atoms with Gasteiger partial charge in [-0.15, -0.1) is 0 Å². The topological polar surface area (TPSA) is 48.0 Å². The highest BCUT2D eigenvalue weighted by Crippen LogP contribution is 2.32. The van der Waals surface area contributed by atoms with Gasteiger partial charge in [0.2, 0.25) is 6.79 Å². The molecule has 2 aromatic carbocycles. The van der Waals surface area contributed by atoms with E-state index in [9.17, 15) is 4.79 Å². The summed E-state index contributed by atoms with van der Waals surface area (Å²) in [6.07, 6.45) is 0.984. The summed E-state index contributed by atoms with van der Waals surface area (Å²) in [5, 5.41) is 0. The highest BCUT2D eigenvalue weighted by atomic mass is 16.7. The van der Waals surface area contributed by atoms with Crippen LogP contribution in [0, 0.1) is 0 Å². The monoisotopic (exact) mass is 341 g/mol. The first kappa shape index (κ1) is 17.1. The number of likely N-dealkylation sites (N-methyl/N-ethyl adjacent to an activating group) is 1. The number of hydrogen-bond acceptors (Lipinski definition) is 4. The van der Waals surface area contributed by atoms with Gasteiger partial charge in [-0.05, 0) is 48.7 Å². The number of rotatable bonds is 7. The van der Waals surface area contributed by atoms with E-state index in [1.807, 2.05) is 49.4 Å². The Hall–Kier alpha value is -2.69. The van der Waals surface area contributed by atoms with Gasteiger partial charge in [0.25, 0.3) is 5.91 Å². The molecule has 0 saturated carbocycles. The first-order valence-corrected chi connectivity index (χ1v) is 8.57. The summed E-state index contributed by atoms with van der Waals surface area (Å²) < 4.78 is 16.3. The lowest BCUT2D eigenvalue weighted by Crippen LogP contribution is -2.34. The summed E-state index contributed by atoms with van der Waals surface area (Å²) in [5.41, 5.74) is 2.25. The Morgan fingerprint density at radius 3 is 2.48 bits per heavy atom. The van der Waals surface area contributed by atoms with E-state index < -0.39 is 0 Å². The predicted molar refractivity (Wildman–Crippen MR) is 95.0 cm³/mol. The maximum Gasteiger partial charge on any atom is 0.260 e. The van der Waals surface area contributed by atoms with Gasteiger partial charge in [-0.1, -0.05) is 25.1 Å². The molecule has 1 aliphatic heterocycles. The lowest BCUT2D eigenvalue weighted by molar-refractivity contribution is -0.133. The van der Waals surface area contributed by atoms with E-state index in [0.717, 1.165) is 23.5 Å². The molecule has 0 aromatic heterocycles. The smallest absolute Gasteiger partial charge is 0.260 e. The predicted octanol–water partition coefficient (Wildman–Crippen LogP) is 3.41. The molecule has 2 aromatic rings. The average Bonchev–Trinajstić information content (AvgIpc) is 3.12. The fourth-order valence-corrected chi connectivity index (χ4v) is 2.69. The van der Waals surface area contributed by atoms with E-state index in [2.05, 4.69) is 6.92 Å². The van der Waals surface area contributed by atoms with Crippen molar-refractivity contribution in [3.63, 3.8) is 0 Å². The number of aryl methyl sites for hydroxylation is 1. The number of benzene rings is 2. The number of fused-ring (bicyclic) bond motifs is 1. The van der Waals surface area contributed by atoms with Crippen molar-refractivity contribution in [2.75, 3.05) is 19.9 Å². The number of carbonyl (C=O) groups is 1. The summed E-state index contributed by atoms with van der Waals surface area (Å²) in [6, 6.07) is 13.6. The minimum absolute atomic E-state index is 0.0316. The molecular weight excluding hydrogens is 318 g/mol. The van der Waals surface area contributed by atoms with Gasteiger partial charge in [0.15, 0.2) is 18.1 Å². The third-order valence-electron chi connectivity index (χ3n) is 4.24. The van der Waals surface area contributed by atoms with Crippen LogP contribution in [0.1, 0.15) is 25.0 Å². The minimum atomic E-state index is -0.0419. The molecule has 1 aliphatic rings. The molecule has 132 valence electrons. The highest BCUT2D eigenvalue weighted by Gasteiger charge is 2.17. The van der Waals surface area contributed by atoms with Crippen LogP contribution in [0.4, 0.5) is 0 Å². The molecule has 0 unspecified atom stereocenters. The molecule has 5 nitrogen and oxygen atoms in total. The molecule has 1 heterocycles. The van der Waals surface area contributed by atoms with E-state index in [1.54, 1.807) is 4.90 Å². The van der Waals surface area contributed by atoms with Crippen LogP contribution >= 0.6 is 0 Å². The Kier molecular flexibility index (Phi) is 5.43. The quantitative estimate of drug-likeness (QED) is 0.774. The molecule has 0 saturated heterocycles. The van der Waals surface area contributed by atoms with Crippen LogP contribution in [0.5, 0.6) is 17.2 Å². The summed E-state index contributed by atoms with van der Waals surface area (Å²) in [7, 11) is 0. The van der Waals surface area contributed by atoms with Gasteiger partial charge in [0.1, 0.15) is 5.75 Å². The average molecular weight is 341 g/mol. The highest BCUT2D eigenvalue weighted by molar-refractivity contribution is 5.77. The van der Waals surface area contributed by atoms with Crippen molar-refractivity contribution in [2.45, 2.75) is 26.8 Å². The zero-order valence-corrected chi connectivity index (χ0v) is 14.7. The molecular formula is C20H23NO4. The van der Waals surface area contributed by atoms with Gasteiger partial charge in [-0.25, -0.2) is 0 Å². The zero-order valence-electron chi connectivity index (χ0n) is 14.7. The second-order valence-corrected chi connectivity index (χ2v) is 5.88. The van der Waals surface area contributed by atoms with Gasteiger partial charge >= 0.3 is 0 Å². The van der Waals surface area contributed by atoms with Crippen molar-refractivity contribution < 1.29 is 19.0 Å². The molecule has 25 heavy (non-hydrogen) atoms. The molecule has 3 rings (SSSR count). The second-order valence-electron chi connectivity index (χ2n) is 5.88. The molecule has 1 amide bonds. The summed E-state index contributed by atoms with van der Waals surface area (Å²) in [6.45, 7) is 5.48. The number of hydrogen-bond donors (Lipinski definition) is 0. The lowest BCUT2D eigenvalue weighted by Gasteiger charge is -2.21. The maximum absolute atomic E-state index is 12.5. The van der Waals surface area contributed by atoms with E-state index in [0.29, 0.717) is 18.8 Å². The fraction of sp³-hybridized carbons (Fsp3) is 0.350. The number of ether oxygens (including phenoxy) is 3. The molecule has 0 N–H and O–H groups in total. The summed E-state index contributed by atoms with van der Waals surface area (Å²) in [4.78, 5) is 14.2. The number of nitrogens with zero attached hydrogens (tertiary/aromatic N) is 1. The van der Waals surface area contributed by atoms with Crippen LogP contribution in [0.2, 0.25) is 0 Å². The Labute approximate surface area is 148 Å². The van der Waals surface area contributed by atoms with E-state index in [4.69, 9.17) is 14.2 Å². The van der Waals surface area contributed by atoms with Gasteiger partial charge in [-0.2, -0.15) is 0 Å². The van der Waals surface area contributed by atoms with Crippen LogP contribution in [0.15, 0.2) is 42.5 Å². The molecule has 0 radical (unpaired) electrons. The molecule has 0 aliphatic carbocycles. The van der Waals surface area contributed by atoms with E-state index in [-0.39, 0.29) is 19.3 Å². The van der Waals surface area contributed by atoms with Crippen molar-refractivity contribution in [3.05, 3.63) is 53.6 Å². The Morgan fingerprint density at radius 2 is 1.76 bits per heavy atom. The van der Waals surface area contributed by atoms with Crippen molar-refractivity contribution in [3.8, 4) is 17.2 Å². The maximum atomic E-state index is 12.5. The fourth-order valence-electron chi connectivity index (χ4n) is 2.69. The second kappa shape index (κ2) is 7.92. The molecule has 0 atom stereocenters. The Bertz CT molecular complexity index is 727.